The lowest BCUT2D eigenvalue weighted by Gasteiger charge is -2.25. The van der Waals surface area contributed by atoms with E-state index in [4.69, 9.17) is 9.47 Å². The van der Waals surface area contributed by atoms with E-state index in [2.05, 4.69) is 5.32 Å². The second-order valence-corrected chi connectivity index (χ2v) is 5.46. The first-order valence-electron chi connectivity index (χ1n) is 7.34. The SMILES string of the molecule is CC(c1ccc(F)c(F)c1)N(C)C(=O)Nc1ccc2c(c1)OCO2. The van der Waals surface area contributed by atoms with Gasteiger partial charge >= 0.3 is 6.03 Å². The van der Waals surface area contributed by atoms with Crippen LogP contribution in [0.15, 0.2) is 36.4 Å². The molecule has 0 fully saturated rings. The Labute approximate surface area is 137 Å². The molecule has 126 valence electrons. The fraction of sp³-hybridized carbons (Fsp3) is 0.235. The molecule has 0 bridgehead atoms. The highest BCUT2D eigenvalue weighted by Gasteiger charge is 2.20. The maximum Gasteiger partial charge on any atom is 0.322 e. The fourth-order valence-electron chi connectivity index (χ4n) is 2.36. The topological polar surface area (TPSA) is 50.8 Å². The van der Waals surface area contributed by atoms with Crippen molar-refractivity contribution in [1.82, 2.24) is 4.90 Å². The number of ether oxygens (including phenoxy) is 2. The van der Waals surface area contributed by atoms with Crippen LogP contribution in [0.5, 0.6) is 11.5 Å². The van der Waals surface area contributed by atoms with Crippen LogP contribution in [-0.2, 0) is 0 Å². The van der Waals surface area contributed by atoms with Crippen LogP contribution in [0.25, 0.3) is 0 Å². The van der Waals surface area contributed by atoms with E-state index in [1.165, 1.54) is 11.0 Å². The monoisotopic (exact) mass is 334 g/mol. The molecule has 1 atom stereocenters. The molecule has 2 amide bonds. The largest absolute Gasteiger partial charge is 0.454 e. The van der Waals surface area contributed by atoms with Crippen molar-refractivity contribution in [2.45, 2.75) is 13.0 Å². The lowest BCUT2D eigenvalue weighted by atomic mass is 10.1. The first kappa shape index (κ1) is 16.0. The molecule has 0 spiro atoms. The van der Waals surface area contributed by atoms with Gasteiger partial charge in [-0.25, -0.2) is 13.6 Å². The Morgan fingerprint density at radius 2 is 1.88 bits per heavy atom. The number of anilines is 1. The number of urea groups is 1. The van der Waals surface area contributed by atoms with Crippen molar-refractivity contribution in [2.24, 2.45) is 0 Å². The van der Waals surface area contributed by atoms with E-state index in [0.717, 1.165) is 12.1 Å². The Balaban J connectivity index is 1.70. The molecule has 3 rings (SSSR count). The van der Waals surface area contributed by atoms with E-state index in [1.54, 1.807) is 32.2 Å². The molecule has 0 aliphatic carbocycles. The molecule has 24 heavy (non-hydrogen) atoms. The Hall–Kier alpha value is -2.83. The molecule has 1 N–H and O–H groups in total. The van der Waals surface area contributed by atoms with Gasteiger partial charge in [0.15, 0.2) is 23.1 Å². The smallest absolute Gasteiger partial charge is 0.322 e. The quantitative estimate of drug-likeness (QED) is 0.926. The van der Waals surface area contributed by atoms with Crippen LogP contribution in [-0.4, -0.2) is 24.8 Å². The van der Waals surface area contributed by atoms with E-state index >= 15 is 0 Å². The average molecular weight is 334 g/mol. The lowest BCUT2D eigenvalue weighted by molar-refractivity contribution is 0.174. The molecule has 2 aromatic rings. The van der Waals surface area contributed by atoms with Crippen molar-refractivity contribution in [1.29, 1.82) is 0 Å². The third-order valence-corrected chi connectivity index (χ3v) is 3.95. The van der Waals surface area contributed by atoms with Gasteiger partial charge < -0.3 is 19.7 Å². The number of nitrogens with zero attached hydrogens (tertiary/aromatic N) is 1. The second kappa shape index (κ2) is 6.35. The van der Waals surface area contributed by atoms with Crippen LogP contribution in [0.2, 0.25) is 0 Å². The van der Waals surface area contributed by atoms with Crippen molar-refractivity contribution in [2.75, 3.05) is 19.2 Å². The Bertz CT molecular complexity index is 782. The van der Waals surface area contributed by atoms with Gasteiger partial charge in [-0.2, -0.15) is 0 Å². The van der Waals surface area contributed by atoms with Crippen LogP contribution in [0.1, 0.15) is 18.5 Å². The van der Waals surface area contributed by atoms with Crippen LogP contribution in [0, 0.1) is 11.6 Å². The van der Waals surface area contributed by atoms with Gasteiger partial charge in [-0.05, 0) is 36.8 Å². The number of rotatable bonds is 3. The Kier molecular flexibility index (Phi) is 4.24. The maximum absolute atomic E-state index is 13.4. The molecule has 0 saturated carbocycles. The minimum Gasteiger partial charge on any atom is -0.454 e. The van der Waals surface area contributed by atoms with Gasteiger partial charge in [0.25, 0.3) is 0 Å². The summed E-state index contributed by atoms with van der Waals surface area (Å²) >= 11 is 0. The van der Waals surface area contributed by atoms with E-state index < -0.39 is 17.7 Å². The molecule has 0 saturated heterocycles. The van der Waals surface area contributed by atoms with E-state index in [9.17, 15) is 13.6 Å². The highest BCUT2D eigenvalue weighted by atomic mass is 19.2. The van der Waals surface area contributed by atoms with Crippen molar-refractivity contribution in [3.8, 4) is 11.5 Å². The Morgan fingerprint density at radius 1 is 1.12 bits per heavy atom. The van der Waals surface area contributed by atoms with Gasteiger partial charge in [-0.3, -0.25) is 0 Å². The maximum atomic E-state index is 13.4. The molecule has 1 unspecified atom stereocenters. The predicted octanol–water partition coefficient (Wildman–Crippen LogP) is 3.92. The molecule has 2 aromatic carbocycles. The summed E-state index contributed by atoms with van der Waals surface area (Å²) in [6, 6.07) is 7.83. The average Bonchev–Trinajstić information content (AvgIpc) is 3.03. The zero-order chi connectivity index (χ0) is 17.3. The summed E-state index contributed by atoms with van der Waals surface area (Å²) in [7, 11) is 1.58. The number of fused-ring (bicyclic) bond motifs is 1. The number of hydrogen-bond acceptors (Lipinski definition) is 3. The molecule has 1 aliphatic heterocycles. The van der Waals surface area contributed by atoms with Gasteiger partial charge in [0.1, 0.15) is 0 Å². The highest BCUT2D eigenvalue weighted by Crippen LogP contribution is 2.34. The molecule has 0 radical (unpaired) electrons. The first-order chi connectivity index (χ1) is 11.5. The molecular formula is C17H16F2N2O3. The van der Waals surface area contributed by atoms with E-state index in [1.807, 2.05) is 0 Å². The predicted molar refractivity (Wildman–Crippen MR) is 84.1 cm³/mol. The summed E-state index contributed by atoms with van der Waals surface area (Å²) in [5.74, 6) is -0.678. The van der Waals surface area contributed by atoms with Crippen LogP contribution in [0.4, 0.5) is 19.3 Å². The molecule has 0 aromatic heterocycles. The van der Waals surface area contributed by atoms with E-state index in [-0.39, 0.29) is 12.8 Å². The molecule has 1 heterocycles. The normalized spacial score (nSPS) is 13.5. The standard InChI is InChI=1S/C17H16F2N2O3/c1-10(11-3-5-13(18)14(19)7-11)21(2)17(22)20-12-4-6-15-16(8-12)24-9-23-15/h3-8,10H,9H2,1-2H3,(H,20,22). The summed E-state index contributed by atoms with van der Waals surface area (Å²) in [5.41, 5.74) is 1.05. The Morgan fingerprint density at radius 3 is 2.62 bits per heavy atom. The van der Waals surface area contributed by atoms with Crippen LogP contribution < -0.4 is 14.8 Å². The van der Waals surface area contributed by atoms with Crippen molar-refractivity contribution < 1.29 is 23.0 Å². The van der Waals surface area contributed by atoms with Gasteiger partial charge in [0, 0.05) is 18.8 Å². The van der Waals surface area contributed by atoms with Gasteiger partial charge in [-0.15, -0.1) is 0 Å². The van der Waals surface area contributed by atoms with Gasteiger partial charge in [0.2, 0.25) is 6.79 Å². The fourth-order valence-corrected chi connectivity index (χ4v) is 2.36. The van der Waals surface area contributed by atoms with Crippen molar-refractivity contribution in [3.63, 3.8) is 0 Å². The zero-order valence-corrected chi connectivity index (χ0v) is 13.2. The molecular weight excluding hydrogens is 318 g/mol. The summed E-state index contributed by atoms with van der Waals surface area (Å²) in [5, 5.41) is 2.73. The molecule has 5 nitrogen and oxygen atoms in total. The van der Waals surface area contributed by atoms with Crippen LogP contribution in [0.3, 0.4) is 0 Å². The summed E-state index contributed by atoms with van der Waals surface area (Å²) < 4.78 is 36.9. The number of nitrogens with one attached hydrogen (secondary N) is 1. The highest BCUT2D eigenvalue weighted by molar-refractivity contribution is 5.89. The number of carbonyl (C=O) groups excluding carboxylic acids is 1. The number of amides is 2. The van der Waals surface area contributed by atoms with Gasteiger partial charge in [-0.1, -0.05) is 6.07 Å². The first-order valence-corrected chi connectivity index (χ1v) is 7.34. The summed E-state index contributed by atoms with van der Waals surface area (Å²) in [6.07, 6.45) is 0. The molecule has 7 heteroatoms. The number of carbonyl (C=O) groups is 1. The third kappa shape index (κ3) is 3.10. The minimum atomic E-state index is -0.941. The summed E-state index contributed by atoms with van der Waals surface area (Å²) in [6.45, 7) is 1.88. The number of halogens is 2. The second-order valence-electron chi connectivity index (χ2n) is 5.46. The van der Waals surface area contributed by atoms with Gasteiger partial charge in [0.05, 0.1) is 6.04 Å². The zero-order valence-electron chi connectivity index (χ0n) is 13.2. The third-order valence-electron chi connectivity index (χ3n) is 3.95. The summed E-state index contributed by atoms with van der Waals surface area (Å²) in [4.78, 5) is 13.8. The minimum absolute atomic E-state index is 0.153. The number of benzene rings is 2. The van der Waals surface area contributed by atoms with Crippen molar-refractivity contribution >= 4 is 11.7 Å². The molecule has 1 aliphatic rings. The number of hydrogen-bond donors (Lipinski definition) is 1. The van der Waals surface area contributed by atoms with Crippen LogP contribution >= 0.6 is 0 Å². The van der Waals surface area contributed by atoms with E-state index in [0.29, 0.717) is 22.7 Å². The van der Waals surface area contributed by atoms with Crippen molar-refractivity contribution in [3.05, 3.63) is 53.6 Å². The lowest BCUT2D eigenvalue weighted by Crippen LogP contribution is -2.33.